The molecule has 1 aromatic heterocycles. The Bertz CT molecular complexity index is 1270. The molecule has 0 bridgehead atoms. The Balaban J connectivity index is 0.000000348. The number of aliphatic hydroxyl groups excluding tert-OH is 1. The normalized spacial score (nSPS) is 12.8. The van der Waals surface area contributed by atoms with Gasteiger partial charge in [-0.1, -0.05) is 88.4 Å². The molecule has 3 aromatic carbocycles. The summed E-state index contributed by atoms with van der Waals surface area (Å²) in [7, 11) is 1.70. The fourth-order valence-electron chi connectivity index (χ4n) is 4.72. The minimum atomic E-state index is 0.196. The van der Waals surface area contributed by atoms with Crippen molar-refractivity contribution in [1.29, 1.82) is 0 Å². The lowest BCUT2D eigenvalue weighted by molar-refractivity contribution is 0.285. The van der Waals surface area contributed by atoms with Gasteiger partial charge in [-0.3, -0.25) is 4.90 Å². The lowest BCUT2D eigenvalue weighted by atomic mass is 10.0. The van der Waals surface area contributed by atoms with Crippen molar-refractivity contribution in [1.82, 2.24) is 15.2 Å². The Kier molecular flexibility index (Phi) is 18.5. The number of pyridine rings is 1. The molecule has 0 spiro atoms. The van der Waals surface area contributed by atoms with Gasteiger partial charge in [0.15, 0.2) is 0 Å². The summed E-state index contributed by atoms with van der Waals surface area (Å²) >= 11 is 0. The van der Waals surface area contributed by atoms with Crippen LogP contribution in [0.25, 0.3) is 21.7 Å². The van der Waals surface area contributed by atoms with Gasteiger partial charge in [0.05, 0.1) is 19.2 Å². The number of benzene rings is 3. The summed E-state index contributed by atoms with van der Waals surface area (Å²) in [6, 6.07) is 25.8. The van der Waals surface area contributed by atoms with Crippen LogP contribution in [0.2, 0.25) is 0 Å². The van der Waals surface area contributed by atoms with Crippen molar-refractivity contribution < 1.29 is 9.84 Å². The SMILES string of the molecule is C#C.CC.CC.CC(Cc1ccc2ccccc2c1)NCCO.COc1nc2ccccc2cc1CN1CCCC1. The number of rotatable bonds is 8. The summed E-state index contributed by atoms with van der Waals surface area (Å²) in [5, 5.41) is 15.8. The molecule has 1 atom stereocenters. The van der Waals surface area contributed by atoms with E-state index in [0.29, 0.717) is 12.6 Å². The molecule has 1 fully saturated rings. The summed E-state index contributed by atoms with van der Waals surface area (Å²) in [6.07, 6.45) is 11.6. The van der Waals surface area contributed by atoms with Gasteiger partial charge in [-0.05, 0) is 67.7 Å². The van der Waals surface area contributed by atoms with Gasteiger partial charge in [0, 0.05) is 30.1 Å². The Morgan fingerprint density at radius 3 is 2.12 bits per heavy atom. The van der Waals surface area contributed by atoms with Gasteiger partial charge in [0.2, 0.25) is 5.88 Å². The molecule has 5 nitrogen and oxygen atoms in total. The number of likely N-dealkylation sites (tertiary alicyclic amines) is 1. The van der Waals surface area contributed by atoms with Crippen LogP contribution >= 0.6 is 0 Å². The van der Waals surface area contributed by atoms with Gasteiger partial charge in [-0.15, -0.1) is 12.8 Å². The smallest absolute Gasteiger partial charge is 0.218 e. The minimum Gasteiger partial charge on any atom is -0.481 e. The van der Waals surface area contributed by atoms with Crippen LogP contribution in [0, 0.1) is 12.8 Å². The van der Waals surface area contributed by atoms with E-state index in [9.17, 15) is 0 Å². The third-order valence-electron chi connectivity index (χ3n) is 6.51. The molecule has 4 aromatic rings. The van der Waals surface area contributed by atoms with Gasteiger partial charge in [0.1, 0.15) is 0 Å². The number of ether oxygens (including phenoxy) is 1. The van der Waals surface area contributed by atoms with Crippen LogP contribution in [0.1, 0.15) is 58.6 Å². The van der Waals surface area contributed by atoms with Crippen molar-refractivity contribution in [3.8, 4) is 18.7 Å². The zero-order chi connectivity index (χ0) is 30.5. The Morgan fingerprint density at radius 1 is 0.878 bits per heavy atom. The van der Waals surface area contributed by atoms with Crippen molar-refractivity contribution in [3.63, 3.8) is 0 Å². The molecule has 1 aliphatic heterocycles. The highest BCUT2D eigenvalue weighted by Gasteiger charge is 2.15. The van der Waals surface area contributed by atoms with E-state index in [1.54, 1.807) is 7.11 Å². The van der Waals surface area contributed by atoms with Crippen LogP contribution in [-0.2, 0) is 13.0 Å². The number of methoxy groups -OCH3 is 1. The van der Waals surface area contributed by atoms with E-state index in [0.717, 1.165) is 24.4 Å². The van der Waals surface area contributed by atoms with E-state index in [2.05, 4.69) is 95.6 Å². The lowest BCUT2D eigenvalue weighted by Crippen LogP contribution is -2.30. The molecule has 222 valence electrons. The van der Waals surface area contributed by atoms with Gasteiger partial charge in [-0.25, -0.2) is 4.98 Å². The largest absolute Gasteiger partial charge is 0.481 e. The molecule has 0 saturated carbocycles. The summed E-state index contributed by atoms with van der Waals surface area (Å²) in [4.78, 5) is 7.05. The second kappa shape index (κ2) is 21.3. The van der Waals surface area contributed by atoms with Crippen LogP contribution in [0.15, 0.2) is 72.8 Å². The monoisotopic (exact) mass is 557 g/mol. The Hall–Kier alpha value is -3.43. The first-order chi connectivity index (χ1) is 20.2. The first kappa shape index (κ1) is 35.6. The van der Waals surface area contributed by atoms with Crippen LogP contribution in [0.4, 0.5) is 0 Å². The summed E-state index contributed by atoms with van der Waals surface area (Å²) < 4.78 is 5.43. The van der Waals surface area contributed by atoms with Crippen LogP contribution in [-0.4, -0.2) is 54.4 Å². The van der Waals surface area contributed by atoms with Crippen molar-refractivity contribution in [2.75, 3.05) is 33.4 Å². The van der Waals surface area contributed by atoms with Crippen molar-refractivity contribution in [2.24, 2.45) is 0 Å². The zero-order valence-corrected chi connectivity index (χ0v) is 26.1. The van der Waals surface area contributed by atoms with Crippen LogP contribution < -0.4 is 10.1 Å². The highest BCUT2D eigenvalue weighted by Crippen LogP contribution is 2.24. The van der Waals surface area contributed by atoms with Gasteiger partial charge >= 0.3 is 0 Å². The molecule has 0 amide bonds. The summed E-state index contributed by atoms with van der Waals surface area (Å²) in [5.41, 5.74) is 3.53. The van der Waals surface area contributed by atoms with Crippen molar-refractivity contribution >= 4 is 21.7 Å². The number of nitrogens with one attached hydrogen (secondary N) is 1. The molecular formula is C36H51N3O2. The second-order valence-electron chi connectivity index (χ2n) is 9.30. The van der Waals surface area contributed by atoms with E-state index >= 15 is 0 Å². The Morgan fingerprint density at radius 2 is 1.49 bits per heavy atom. The maximum atomic E-state index is 8.76. The molecular weight excluding hydrogens is 506 g/mol. The molecule has 1 aliphatic rings. The zero-order valence-electron chi connectivity index (χ0n) is 26.1. The fourth-order valence-corrected chi connectivity index (χ4v) is 4.72. The number of aromatic nitrogens is 1. The number of nitrogens with zero attached hydrogens (tertiary/aromatic N) is 2. The minimum absolute atomic E-state index is 0.196. The highest BCUT2D eigenvalue weighted by atomic mass is 16.5. The second-order valence-corrected chi connectivity index (χ2v) is 9.30. The summed E-state index contributed by atoms with van der Waals surface area (Å²) in [6.45, 7) is 14.3. The molecule has 0 radical (unpaired) electrons. The van der Waals surface area contributed by atoms with E-state index in [1.807, 2.05) is 39.8 Å². The first-order valence-corrected chi connectivity index (χ1v) is 15.0. The molecule has 5 rings (SSSR count). The molecule has 1 saturated heterocycles. The maximum absolute atomic E-state index is 8.76. The number of hydrogen-bond acceptors (Lipinski definition) is 5. The molecule has 41 heavy (non-hydrogen) atoms. The number of para-hydroxylation sites is 1. The Labute approximate surface area is 249 Å². The highest BCUT2D eigenvalue weighted by molar-refractivity contribution is 5.83. The third kappa shape index (κ3) is 11.9. The van der Waals surface area contributed by atoms with E-state index in [-0.39, 0.29) is 6.61 Å². The van der Waals surface area contributed by atoms with Gasteiger partial charge in [0.25, 0.3) is 0 Å². The number of hydrogen-bond donors (Lipinski definition) is 2. The van der Waals surface area contributed by atoms with E-state index in [4.69, 9.17) is 9.84 Å². The predicted molar refractivity (Wildman–Crippen MR) is 178 cm³/mol. The third-order valence-corrected chi connectivity index (χ3v) is 6.51. The van der Waals surface area contributed by atoms with Gasteiger partial charge < -0.3 is 15.2 Å². The van der Waals surface area contributed by atoms with Crippen LogP contribution in [0.3, 0.4) is 0 Å². The van der Waals surface area contributed by atoms with Crippen LogP contribution in [0.5, 0.6) is 5.88 Å². The van der Waals surface area contributed by atoms with E-state index in [1.165, 1.54) is 53.2 Å². The molecule has 1 unspecified atom stereocenters. The van der Waals surface area contributed by atoms with E-state index < -0.39 is 0 Å². The molecule has 2 N–H and O–H groups in total. The molecule has 5 heteroatoms. The average Bonchev–Trinajstić information content (AvgIpc) is 3.56. The number of aliphatic hydroxyl groups is 1. The summed E-state index contributed by atoms with van der Waals surface area (Å²) in [5.74, 6) is 0.764. The van der Waals surface area contributed by atoms with Crippen molar-refractivity contribution in [2.45, 2.75) is 66.5 Å². The number of fused-ring (bicyclic) bond motifs is 2. The quantitative estimate of drug-likeness (QED) is 0.220. The van der Waals surface area contributed by atoms with Gasteiger partial charge in [-0.2, -0.15) is 0 Å². The first-order valence-electron chi connectivity index (χ1n) is 15.0. The topological polar surface area (TPSA) is 57.6 Å². The predicted octanol–water partition coefficient (Wildman–Crippen LogP) is 7.49. The fraction of sp³-hybridized carbons (Fsp3) is 0.417. The average molecular weight is 558 g/mol. The lowest BCUT2D eigenvalue weighted by Gasteiger charge is -2.16. The number of terminal acetylenes is 1. The molecule has 0 aliphatic carbocycles. The maximum Gasteiger partial charge on any atom is 0.218 e. The molecule has 2 heterocycles. The standard InChI is InChI=1S/C15H18N2O.C15H19NO.2C2H6.C2H2/c1-18-15-13(11-17-8-4-5-9-17)10-12-6-2-3-7-14(12)16-15;1-12(16-8-9-17)10-13-6-7-14-4-2-3-5-15(14)11-13;3*1-2/h2-3,6-7,10H,4-5,8-9,11H2,1H3;2-7,11-12,16-17H,8-10H2,1H3;2*1-2H3;1-2H. The van der Waals surface area contributed by atoms with Crippen molar-refractivity contribution in [3.05, 3.63) is 83.9 Å².